The molecule has 1 aromatic heterocycles. The topological polar surface area (TPSA) is 104 Å². The van der Waals surface area contributed by atoms with Gasteiger partial charge in [0.1, 0.15) is 13.2 Å². The number of pyridine rings is 1. The zero-order chi connectivity index (χ0) is 21.7. The Morgan fingerprint density at radius 2 is 1.87 bits per heavy atom. The molecule has 2 aromatic rings. The van der Waals surface area contributed by atoms with Crippen molar-refractivity contribution in [1.82, 2.24) is 4.98 Å². The van der Waals surface area contributed by atoms with Crippen LogP contribution in [-0.4, -0.2) is 42.0 Å². The number of ether oxygens (including phenoxy) is 3. The number of ketones is 1. The normalized spacial score (nSPS) is 13.3. The maximum absolute atomic E-state index is 12.3. The van der Waals surface area contributed by atoms with Crippen LogP contribution < -0.4 is 14.8 Å². The van der Waals surface area contributed by atoms with Crippen molar-refractivity contribution < 1.29 is 28.6 Å². The van der Waals surface area contributed by atoms with Crippen LogP contribution >= 0.6 is 23.2 Å². The van der Waals surface area contributed by atoms with Gasteiger partial charge in [-0.25, -0.2) is 4.98 Å². The van der Waals surface area contributed by atoms with Crippen molar-refractivity contribution in [3.63, 3.8) is 0 Å². The van der Waals surface area contributed by atoms with Crippen molar-refractivity contribution in [1.29, 1.82) is 0 Å². The molecule has 1 N–H and O–H groups in total. The molecule has 1 amide bonds. The van der Waals surface area contributed by atoms with E-state index in [0.29, 0.717) is 35.3 Å². The van der Waals surface area contributed by atoms with Gasteiger partial charge in [0, 0.05) is 18.2 Å². The number of carbonyl (C=O) groups excluding carboxylic acids is 3. The number of fused-ring (bicyclic) bond motifs is 1. The Kier molecular flexibility index (Phi) is 7.12. The quantitative estimate of drug-likeness (QED) is 0.504. The summed E-state index contributed by atoms with van der Waals surface area (Å²) in [6.45, 7) is 2.27. The number of halogens is 2. The highest BCUT2D eigenvalue weighted by Gasteiger charge is 2.21. The molecule has 2 heterocycles. The molecule has 1 aromatic carbocycles. The van der Waals surface area contributed by atoms with Gasteiger partial charge in [0.15, 0.2) is 29.2 Å². The van der Waals surface area contributed by atoms with Crippen molar-refractivity contribution in [2.24, 2.45) is 0 Å². The number of nitrogens with one attached hydrogen (secondary N) is 1. The molecule has 158 valence electrons. The minimum Gasteiger partial charge on any atom is -0.486 e. The van der Waals surface area contributed by atoms with Crippen molar-refractivity contribution in [2.75, 3.05) is 18.5 Å². The Morgan fingerprint density at radius 1 is 1.13 bits per heavy atom. The Balaban J connectivity index is 1.48. The largest absolute Gasteiger partial charge is 0.486 e. The van der Waals surface area contributed by atoms with Gasteiger partial charge in [-0.05, 0) is 31.2 Å². The minimum atomic E-state index is -1.10. The molecule has 8 nitrogen and oxygen atoms in total. The third-order valence-electron chi connectivity index (χ3n) is 4.15. The molecule has 0 radical (unpaired) electrons. The molecule has 1 atom stereocenters. The van der Waals surface area contributed by atoms with Gasteiger partial charge >= 0.3 is 5.97 Å². The molecule has 10 heteroatoms. The standard InChI is InChI=1S/C20H18Cl2N2O6/c1-11(20(27)24-19-14(22)9-13(21)10-23-19)30-18(26)5-3-15(25)12-2-4-16-17(8-12)29-7-6-28-16/h2,4,8-11H,3,5-7H2,1H3,(H,23,24,27)/t11-/m1/s1. The van der Waals surface area contributed by atoms with Gasteiger partial charge in [-0.3, -0.25) is 14.4 Å². The van der Waals surface area contributed by atoms with Gasteiger partial charge in [0.2, 0.25) is 0 Å². The summed E-state index contributed by atoms with van der Waals surface area (Å²) in [4.78, 5) is 40.4. The zero-order valence-corrected chi connectivity index (χ0v) is 17.5. The Bertz CT molecular complexity index is 982. The maximum atomic E-state index is 12.3. The molecule has 1 aliphatic heterocycles. The average molecular weight is 453 g/mol. The van der Waals surface area contributed by atoms with Crippen LogP contribution in [0.2, 0.25) is 10.0 Å². The Morgan fingerprint density at radius 3 is 2.60 bits per heavy atom. The van der Waals surface area contributed by atoms with E-state index in [1.165, 1.54) is 19.2 Å². The predicted molar refractivity (Wildman–Crippen MR) is 109 cm³/mol. The SMILES string of the molecule is C[C@@H](OC(=O)CCC(=O)c1ccc2c(c1)OCCO2)C(=O)Nc1ncc(Cl)cc1Cl. The molecule has 0 aliphatic carbocycles. The lowest BCUT2D eigenvalue weighted by Crippen LogP contribution is -2.30. The number of esters is 1. The molecule has 0 saturated carbocycles. The summed E-state index contributed by atoms with van der Waals surface area (Å²) in [6, 6.07) is 6.27. The van der Waals surface area contributed by atoms with Crippen molar-refractivity contribution in [3.05, 3.63) is 46.1 Å². The van der Waals surface area contributed by atoms with Crippen LogP contribution in [0, 0.1) is 0 Å². The summed E-state index contributed by atoms with van der Waals surface area (Å²) < 4.78 is 15.9. The van der Waals surface area contributed by atoms with Crippen LogP contribution in [-0.2, 0) is 14.3 Å². The van der Waals surface area contributed by atoms with Gasteiger partial charge < -0.3 is 19.5 Å². The summed E-state index contributed by atoms with van der Waals surface area (Å²) >= 11 is 11.7. The highest BCUT2D eigenvalue weighted by molar-refractivity contribution is 6.36. The molecule has 0 spiro atoms. The molecule has 0 saturated heterocycles. The number of benzene rings is 1. The molecule has 0 fully saturated rings. The van der Waals surface area contributed by atoms with Gasteiger partial charge in [-0.15, -0.1) is 0 Å². The summed E-state index contributed by atoms with van der Waals surface area (Å²) in [5, 5.41) is 2.92. The fourth-order valence-electron chi connectivity index (χ4n) is 2.61. The van der Waals surface area contributed by atoms with E-state index in [9.17, 15) is 14.4 Å². The van der Waals surface area contributed by atoms with E-state index in [2.05, 4.69) is 10.3 Å². The average Bonchev–Trinajstić information content (AvgIpc) is 2.73. The van der Waals surface area contributed by atoms with Crippen molar-refractivity contribution in [2.45, 2.75) is 25.9 Å². The first kappa shape index (κ1) is 21.9. The fourth-order valence-corrected chi connectivity index (χ4v) is 3.04. The minimum absolute atomic E-state index is 0.0720. The van der Waals surface area contributed by atoms with Crippen LogP contribution in [0.25, 0.3) is 0 Å². The second-order valence-electron chi connectivity index (χ2n) is 6.39. The third kappa shape index (κ3) is 5.61. The molecular weight excluding hydrogens is 435 g/mol. The number of aromatic nitrogens is 1. The Labute approximate surface area is 182 Å². The van der Waals surface area contributed by atoms with Gasteiger partial charge in [-0.1, -0.05) is 23.2 Å². The van der Waals surface area contributed by atoms with Crippen molar-refractivity contribution in [3.8, 4) is 11.5 Å². The number of amides is 1. The van der Waals surface area contributed by atoms with E-state index < -0.39 is 18.0 Å². The fraction of sp³-hybridized carbons (Fsp3) is 0.300. The predicted octanol–water partition coefficient (Wildman–Crippen LogP) is 3.69. The monoisotopic (exact) mass is 452 g/mol. The second kappa shape index (κ2) is 9.77. The first-order valence-corrected chi connectivity index (χ1v) is 9.83. The summed E-state index contributed by atoms with van der Waals surface area (Å²) in [6.07, 6.45) is -0.0266. The van der Waals surface area contributed by atoms with Gasteiger partial charge in [0.25, 0.3) is 5.91 Å². The van der Waals surface area contributed by atoms with E-state index in [0.717, 1.165) is 0 Å². The molecular formula is C20H18Cl2N2O6. The van der Waals surface area contributed by atoms with Crippen LogP contribution in [0.4, 0.5) is 5.82 Å². The van der Waals surface area contributed by atoms with Crippen molar-refractivity contribution >= 4 is 46.7 Å². The molecule has 30 heavy (non-hydrogen) atoms. The Hall–Kier alpha value is -2.84. The lowest BCUT2D eigenvalue weighted by molar-refractivity contribution is -0.153. The number of nitrogens with zero attached hydrogens (tertiary/aromatic N) is 1. The number of carbonyl (C=O) groups is 3. The summed E-state index contributed by atoms with van der Waals surface area (Å²) in [7, 11) is 0. The lowest BCUT2D eigenvalue weighted by atomic mass is 10.1. The van der Waals surface area contributed by atoms with Crippen LogP contribution in [0.15, 0.2) is 30.5 Å². The third-order valence-corrected chi connectivity index (χ3v) is 4.64. The number of rotatable bonds is 7. The van der Waals surface area contributed by atoms with E-state index in [-0.39, 0.29) is 29.5 Å². The first-order chi connectivity index (χ1) is 14.3. The highest BCUT2D eigenvalue weighted by atomic mass is 35.5. The second-order valence-corrected chi connectivity index (χ2v) is 7.23. The van der Waals surface area contributed by atoms with Crippen LogP contribution in [0.1, 0.15) is 30.1 Å². The molecule has 3 rings (SSSR count). The smallest absolute Gasteiger partial charge is 0.307 e. The molecule has 1 aliphatic rings. The highest BCUT2D eigenvalue weighted by Crippen LogP contribution is 2.31. The number of hydrogen-bond acceptors (Lipinski definition) is 7. The van der Waals surface area contributed by atoms with E-state index in [4.69, 9.17) is 37.4 Å². The van der Waals surface area contributed by atoms with E-state index in [1.54, 1.807) is 18.2 Å². The summed E-state index contributed by atoms with van der Waals surface area (Å²) in [5.41, 5.74) is 0.404. The molecule has 0 bridgehead atoms. The van der Waals surface area contributed by atoms with E-state index >= 15 is 0 Å². The lowest BCUT2D eigenvalue weighted by Gasteiger charge is -2.18. The van der Waals surface area contributed by atoms with Gasteiger partial charge in [0.05, 0.1) is 16.5 Å². The number of Topliss-reactive ketones (excluding diaryl/α,β-unsaturated/α-hetero) is 1. The van der Waals surface area contributed by atoms with Crippen LogP contribution in [0.5, 0.6) is 11.5 Å². The maximum Gasteiger partial charge on any atom is 0.307 e. The molecule has 0 unspecified atom stereocenters. The van der Waals surface area contributed by atoms with E-state index in [1.807, 2.05) is 0 Å². The number of anilines is 1. The van der Waals surface area contributed by atoms with Crippen LogP contribution in [0.3, 0.4) is 0 Å². The number of hydrogen-bond donors (Lipinski definition) is 1. The van der Waals surface area contributed by atoms with Gasteiger partial charge in [-0.2, -0.15) is 0 Å². The first-order valence-electron chi connectivity index (χ1n) is 9.07. The summed E-state index contributed by atoms with van der Waals surface area (Å²) in [5.74, 6) is -0.375. The zero-order valence-electron chi connectivity index (χ0n) is 15.9.